The number of aromatic nitrogens is 1. The van der Waals surface area contributed by atoms with E-state index in [1.807, 2.05) is 24.3 Å². The number of rotatable bonds is 3. The van der Waals surface area contributed by atoms with Crippen molar-refractivity contribution in [3.05, 3.63) is 48.7 Å². The van der Waals surface area contributed by atoms with Gasteiger partial charge in [-0.15, -0.1) is 0 Å². The summed E-state index contributed by atoms with van der Waals surface area (Å²) < 4.78 is 0. The van der Waals surface area contributed by atoms with E-state index in [0.717, 1.165) is 5.69 Å². The fourth-order valence-corrected chi connectivity index (χ4v) is 2.20. The van der Waals surface area contributed by atoms with Gasteiger partial charge in [0.1, 0.15) is 12.4 Å². The molecule has 106 valence electrons. The number of para-hydroxylation sites is 2. The Morgan fingerprint density at radius 2 is 2.05 bits per heavy atom. The van der Waals surface area contributed by atoms with Crippen LogP contribution in [0.1, 0.15) is 0 Å². The fourth-order valence-electron chi connectivity index (χ4n) is 2.20. The Morgan fingerprint density at radius 1 is 1.24 bits per heavy atom. The minimum Gasteiger partial charge on any atom is -0.374 e. The maximum Gasteiger partial charge on any atom is 0.246 e. The molecule has 6 heteroatoms. The number of hydrogen-bond acceptors (Lipinski definition) is 4. The molecule has 0 radical (unpaired) electrons. The van der Waals surface area contributed by atoms with Gasteiger partial charge in [-0.3, -0.25) is 14.5 Å². The van der Waals surface area contributed by atoms with Crippen molar-refractivity contribution in [2.75, 3.05) is 28.6 Å². The zero-order chi connectivity index (χ0) is 14.7. The van der Waals surface area contributed by atoms with Crippen LogP contribution in [0.15, 0.2) is 48.7 Å². The predicted molar refractivity (Wildman–Crippen MR) is 80.2 cm³/mol. The van der Waals surface area contributed by atoms with Crippen LogP contribution in [0.4, 0.5) is 17.2 Å². The molecule has 1 aromatic carbocycles. The van der Waals surface area contributed by atoms with E-state index in [0.29, 0.717) is 11.5 Å². The van der Waals surface area contributed by atoms with E-state index in [9.17, 15) is 9.59 Å². The van der Waals surface area contributed by atoms with Crippen molar-refractivity contribution in [1.82, 2.24) is 4.98 Å². The normalized spacial score (nSPS) is 13.3. The van der Waals surface area contributed by atoms with Crippen molar-refractivity contribution in [2.45, 2.75) is 0 Å². The van der Waals surface area contributed by atoms with Gasteiger partial charge in [-0.1, -0.05) is 18.2 Å². The van der Waals surface area contributed by atoms with Gasteiger partial charge in [0.05, 0.1) is 17.9 Å². The van der Waals surface area contributed by atoms with Crippen LogP contribution >= 0.6 is 0 Å². The fraction of sp³-hybridized carbons (Fsp3) is 0.133. The van der Waals surface area contributed by atoms with E-state index in [2.05, 4.69) is 15.6 Å². The molecule has 0 spiro atoms. The maximum absolute atomic E-state index is 12.1. The van der Waals surface area contributed by atoms with Crippen molar-refractivity contribution >= 4 is 29.0 Å². The molecule has 2 amide bonds. The zero-order valence-electron chi connectivity index (χ0n) is 11.2. The lowest BCUT2D eigenvalue weighted by molar-refractivity contribution is -0.120. The Bertz CT molecular complexity index is 672. The molecule has 1 aliphatic heterocycles. The predicted octanol–water partition coefficient (Wildman–Crippen LogP) is 1.48. The maximum atomic E-state index is 12.1. The highest BCUT2D eigenvalue weighted by Crippen LogP contribution is 2.28. The Balaban J connectivity index is 1.75. The summed E-state index contributed by atoms with van der Waals surface area (Å²) in [6.45, 7) is 0.155. The van der Waals surface area contributed by atoms with E-state index in [1.54, 1.807) is 24.4 Å². The van der Waals surface area contributed by atoms with Crippen molar-refractivity contribution < 1.29 is 9.59 Å². The van der Waals surface area contributed by atoms with E-state index >= 15 is 0 Å². The molecule has 0 bridgehead atoms. The van der Waals surface area contributed by atoms with Gasteiger partial charge in [0, 0.05) is 6.20 Å². The zero-order valence-corrected chi connectivity index (χ0v) is 11.2. The summed E-state index contributed by atoms with van der Waals surface area (Å²) in [6, 6.07) is 12.7. The largest absolute Gasteiger partial charge is 0.374 e. The van der Waals surface area contributed by atoms with Gasteiger partial charge in [0.2, 0.25) is 11.8 Å². The highest BCUT2D eigenvalue weighted by Gasteiger charge is 2.25. The average molecular weight is 282 g/mol. The molecule has 1 aromatic heterocycles. The number of carbonyl (C=O) groups excluding carboxylic acids is 2. The van der Waals surface area contributed by atoms with Crippen LogP contribution in [0.2, 0.25) is 0 Å². The van der Waals surface area contributed by atoms with Crippen LogP contribution in [0.5, 0.6) is 0 Å². The Labute approximate surface area is 121 Å². The third-order valence-electron chi connectivity index (χ3n) is 3.16. The lowest BCUT2D eigenvalue weighted by Gasteiger charge is -2.29. The molecule has 0 fully saturated rings. The first-order valence-electron chi connectivity index (χ1n) is 6.58. The summed E-state index contributed by atoms with van der Waals surface area (Å²) in [5.74, 6) is 0.0574. The second kappa shape index (κ2) is 5.62. The van der Waals surface area contributed by atoms with Crippen LogP contribution in [0, 0.1) is 0 Å². The van der Waals surface area contributed by atoms with Gasteiger partial charge in [-0.2, -0.15) is 0 Å². The molecule has 21 heavy (non-hydrogen) atoms. The van der Waals surface area contributed by atoms with E-state index in [-0.39, 0.29) is 24.9 Å². The average Bonchev–Trinajstić information content (AvgIpc) is 2.51. The summed E-state index contributed by atoms with van der Waals surface area (Å²) >= 11 is 0. The molecule has 3 rings (SSSR count). The van der Waals surface area contributed by atoms with Crippen molar-refractivity contribution in [2.24, 2.45) is 0 Å². The first-order chi connectivity index (χ1) is 10.2. The van der Waals surface area contributed by atoms with Gasteiger partial charge in [0.25, 0.3) is 0 Å². The number of pyridine rings is 1. The second-order valence-electron chi connectivity index (χ2n) is 4.61. The van der Waals surface area contributed by atoms with Gasteiger partial charge >= 0.3 is 0 Å². The van der Waals surface area contributed by atoms with Crippen LogP contribution in [0.3, 0.4) is 0 Å². The Morgan fingerprint density at radius 3 is 2.86 bits per heavy atom. The summed E-state index contributed by atoms with van der Waals surface area (Å²) in [5, 5.41) is 5.71. The molecule has 1 aliphatic rings. The molecular formula is C15H14N4O2. The molecule has 2 N–H and O–H groups in total. The highest BCUT2D eigenvalue weighted by molar-refractivity contribution is 6.07. The monoisotopic (exact) mass is 282 g/mol. The number of hydrogen-bond donors (Lipinski definition) is 2. The highest BCUT2D eigenvalue weighted by atomic mass is 16.2. The minimum absolute atomic E-state index is 0.0336. The van der Waals surface area contributed by atoms with Gasteiger partial charge < -0.3 is 10.6 Å². The third-order valence-corrected chi connectivity index (χ3v) is 3.16. The number of amides is 2. The Kier molecular flexibility index (Phi) is 3.51. The number of carbonyl (C=O) groups is 2. The molecule has 0 saturated heterocycles. The first kappa shape index (κ1) is 13.1. The molecule has 2 aromatic rings. The van der Waals surface area contributed by atoms with E-state index in [1.165, 1.54) is 4.90 Å². The quantitative estimate of drug-likeness (QED) is 0.894. The smallest absolute Gasteiger partial charge is 0.246 e. The van der Waals surface area contributed by atoms with Crippen molar-refractivity contribution in [3.63, 3.8) is 0 Å². The first-order valence-corrected chi connectivity index (χ1v) is 6.58. The molecule has 0 unspecified atom stereocenters. The van der Waals surface area contributed by atoms with Crippen LogP contribution in [0.25, 0.3) is 0 Å². The summed E-state index contributed by atoms with van der Waals surface area (Å²) in [4.78, 5) is 29.6. The lowest BCUT2D eigenvalue weighted by Crippen LogP contribution is -2.44. The van der Waals surface area contributed by atoms with Gasteiger partial charge in [0.15, 0.2) is 0 Å². The SMILES string of the molecule is O=C(CN1C(=O)CNc2ccccc21)Nc1ccccn1. The molecule has 0 aliphatic carbocycles. The molecule has 0 atom stereocenters. The lowest BCUT2D eigenvalue weighted by atomic mass is 10.2. The molecule has 2 heterocycles. The third kappa shape index (κ3) is 2.84. The minimum atomic E-state index is -0.279. The summed E-state index contributed by atoms with van der Waals surface area (Å²) in [5.41, 5.74) is 1.56. The van der Waals surface area contributed by atoms with E-state index in [4.69, 9.17) is 0 Å². The van der Waals surface area contributed by atoms with Gasteiger partial charge in [-0.05, 0) is 24.3 Å². The van der Waals surface area contributed by atoms with Crippen molar-refractivity contribution in [3.8, 4) is 0 Å². The summed E-state index contributed by atoms with van der Waals surface area (Å²) in [6.07, 6.45) is 1.60. The number of nitrogens with zero attached hydrogens (tertiary/aromatic N) is 2. The van der Waals surface area contributed by atoms with Crippen LogP contribution in [-0.2, 0) is 9.59 Å². The standard InChI is InChI=1S/C15H14N4O2/c20-14(18-13-7-3-4-8-16-13)10-19-12-6-2-1-5-11(12)17-9-15(19)21/h1-8,17H,9-10H2,(H,16,18,20). The van der Waals surface area contributed by atoms with Crippen LogP contribution < -0.4 is 15.5 Å². The van der Waals surface area contributed by atoms with Crippen molar-refractivity contribution in [1.29, 1.82) is 0 Å². The van der Waals surface area contributed by atoms with Gasteiger partial charge in [-0.25, -0.2) is 4.98 Å². The van der Waals surface area contributed by atoms with E-state index < -0.39 is 0 Å². The molecule has 6 nitrogen and oxygen atoms in total. The Hall–Kier alpha value is -2.89. The number of fused-ring (bicyclic) bond motifs is 1. The molecular weight excluding hydrogens is 268 g/mol. The second-order valence-corrected chi connectivity index (χ2v) is 4.61. The topological polar surface area (TPSA) is 74.3 Å². The number of anilines is 3. The summed E-state index contributed by atoms with van der Waals surface area (Å²) in [7, 11) is 0. The number of benzene rings is 1. The number of nitrogens with one attached hydrogen (secondary N) is 2. The van der Waals surface area contributed by atoms with Crippen LogP contribution in [-0.4, -0.2) is 29.9 Å². The molecule has 0 saturated carbocycles.